The van der Waals surface area contributed by atoms with Gasteiger partial charge in [0.15, 0.2) is 5.96 Å². The molecule has 2 rings (SSSR count). The maximum atomic E-state index is 10.6. The van der Waals surface area contributed by atoms with E-state index in [9.17, 15) is 5.11 Å². The Kier molecular flexibility index (Phi) is 9.35. The van der Waals surface area contributed by atoms with Crippen molar-refractivity contribution in [2.45, 2.75) is 37.8 Å². The van der Waals surface area contributed by atoms with Crippen molar-refractivity contribution in [3.63, 3.8) is 0 Å². The van der Waals surface area contributed by atoms with Gasteiger partial charge < -0.3 is 29.8 Å². The number of aliphatic imine (C=N–C) groups is 1. The second-order valence-electron chi connectivity index (χ2n) is 7.03. The SMILES string of the molecule is CCNC(=NCC(C)(O)c1ccco1)NCC1(N(C)C)CCOCC1.I. The first-order valence-corrected chi connectivity index (χ1v) is 8.93. The van der Waals surface area contributed by atoms with Crippen molar-refractivity contribution >= 4 is 29.9 Å². The van der Waals surface area contributed by atoms with Crippen LogP contribution in [0.1, 0.15) is 32.4 Å². The summed E-state index contributed by atoms with van der Waals surface area (Å²) in [5.41, 5.74) is -1.08. The molecule has 1 aromatic rings. The van der Waals surface area contributed by atoms with Gasteiger partial charge in [-0.25, -0.2) is 4.99 Å². The topological polar surface area (TPSA) is 82.3 Å². The number of nitrogens with zero attached hydrogens (tertiary/aromatic N) is 2. The molecule has 1 aromatic heterocycles. The zero-order valence-corrected chi connectivity index (χ0v) is 18.6. The lowest BCUT2D eigenvalue weighted by molar-refractivity contribution is -0.00504. The van der Waals surface area contributed by atoms with Crippen LogP contribution >= 0.6 is 24.0 Å². The standard InChI is InChI=1S/C18H32N4O3.HI/c1-5-19-16(20-13-17(2,23)15-7-6-10-25-15)21-14-18(22(3)4)8-11-24-12-9-18;/h6-7,10,23H,5,8-9,11-14H2,1-4H3,(H2,19,20,21);1H. The number of guanidine groups is 1. The molecule has 150 valence electrons. The molecule has 8 heteroatoms. The van der Waals surface area contributed by atoms with Gasteiger partial charge in [-0.1, -0.05) is 0 Å². The van der Waals surface area contributed by atoms with Crippen LogP contribution in [0.3, 0.4) is 0 Å². The summed E-state index contributed by atoms with van der Waals surface area (Å²) in [5, 5.41) is 17.2. The van der Waals surface area contributed by atoms with Gasteiger partial charge in [-0.15, -0.1) is 24.0 Å². The number of furan rings is 1. The van der Waals surface area contributed by atoms with Gasteiger partial charge in [0.05, 0.1) is 12.8 Å². The average Bonchev–Trinajstić information content (AvgIpc) is 3.14. The lowest BCUT2D eigenvalue weighted by Crippen LogP contribution is -2.57. The highest BCUT2D eigenvalue weighted by molar-refractivity contribution is 14.0. The molecule has 26 heavy (non-hydrogen) atoms. The van der Waals surface area contributed by atoms with E-state index in [2.05, 4.69) is 34.6 Å². The number of nitrogens with one attached hydrogen (secondary N) is 2. The van der Waals surface area contributed by atoms with Crippen LogP contribution in [-0.2, 0) is 10.3 Å². The van der Waals surface area contributed by atoms with E-state index in [-0.39, 0.29) is 36.1 Å². The number of hydrogen-bond acceptors (Lipinski definition) is 5. The van der Waals surface area contributed by atoms with E-state index in [4.69, 9.17) is 9.15 Å². The Morgan fingerprint density at radius 3 is 2.58 bits per heavy atom. The summed E-state index contributed by atoms with van der Waals surface area (Å²) in [4.78, 5) is 6.82. The summed E-state index contributed by atoms with van der Waals surface area (Å²) < 4.78 is 10.8. The van der Waals surface area contributed by atoms with Crippen molar-refractivity contribution in [3.05, 3.63) is 24.2 Å². The lowest BCUT2D eigenvalue weighted by Gasteiger charge is -2.43. The fraction of sp³-hybridized carbons (Fsp3) is 0.722. The number of ether oxygens (including phenoxy) is 1. The van der Waals surface area contributed by atoms with Crippen LogP contribution in [0, 0.1) is 0 Å². The van der Waals surface area contributed by atoms with Crippen molar-refractivity contribution in [2.24, 2.45) is 4.99 Å². The molecular weight excluding hydrogens is 447 g/mol. The molecule has 1 atom stereocenters. The van der Waals surface area contributed by atoms with Gasteiger partial charge in [-0.2, -0.15) is 0 Å². The van der Waals surface area contributed by atoms with Crippen LogP contribution in [-0.4, -0.2) is 68.4 Å². The number of likely N-dealkylation sites (N-methyl/N-ethyl adjacent to an activating group) is 1. The summed E-state index contributed by atoms with van der Waals surface area (Å²) in [6.07, 6.45) is 3.52. The Morgan fingerprint density at radius 1 is 1.35 bits per heavy atom. The molecule has 0 aromatic carbocycles. The molecule has 0 radical (unpaired) electrons. The molecule has 1 saturated heterocycles. The van der Waals surface area contributed by atoms with Crippen LogP contribution in [0.25, 0.3) is 0 Å². The first-order valence-electron chi connectivity index (χ1n) is 8.93. The molecule has 2 heterocycles. The van der Waals surface area contributed by atoms with E-state index in [1.54, 1.807) is 25.3 Å². The van der Waals surface area contributed by atoms with Crippen LogP contribution in [0.4, 0.5) is 0 Å². The minimum Gasteiger partial charge on any atom is -0.466 e. The smallest absolute Gasteiger partial charge is 0.191 e. The third kappa shape index (κ3) is 6.11. The molecule has 1 fully saturated rings. The van der Waals surface area contributed by atoms with E-state index in [1.165, 1.54) is 0 Å². The quantitative estimate of drug-likeness (QED) is 0.314. The predicted molar refractivity (Wildman–Crippen MR) is 114 cm³/mol. The fourth-order valence-electron chi connectivity index (χ4n) is 3.02. The lowest BCUT2D eigenvalue weighted by atomic mass is 9.88. The molecule has 0 spiro atoms. The van der Waals surface area contributed by atoms with E-state index in [1.807, 2.05) is 6.92 Å². The second kappa shape index (κ2) is 10.5. The van der Waals surface area contributed by atoms with E-state index in [0.717, 1.165) is 39.1 Å². The molecular formula is C18H33IN4O3. The van der Waals surface area contributed by atoms with Crippen LogP contribution in [0.2, 0.25) is 0 Å². The number of aliphatic hydroxyl groups is 1. The highest BCUT2D eigenvalue weighted by atomic mass is 127. The van der Waals surface area contributed by atoms with Gasteiger partial charge in [-0.3, -0.25) is 0 Å². The molecule has 0 bridgehead atoms. The molecule has 7 nitrogen and oxygen atoms in total. The Bertz CT molecular complexity index is 541. The Balaban J connectivity index is 0.00000338. The summed E-state index contributed by atoms with van der Waals surface area (Å²) in [7, 11) is 4.22. The first-order chi connectivity index (χ1) is 11.9. The zero-order valence-electron chi connectivity index (χ0n) is 16.2. The Labute approximate surface area is 173 Å². The molecule has 0 amide bonds. The van der Waals surface area contributed by atoms with Gasteiger partial charge in [0.2, 0.25) is 0 Å². The molecule has 1 aliphatic heterocycles. The molecule has 1 unspecified atom stereocenters. The fourth-order valence-corrected chi connectivity index (χ4v) is 3.02. The minimum atomic E-state index is -1.14. The highest BCUT2D eigenvalue weighted by Crippen LogP contribution is 2.25. The van der Waals surface area contributed by atoms with E-state index in [0.29, 0.717) is 11.7 Å². The van der Waals surface area contributed by atoms with E-state index >= 15 is 0 Å². The minimum absolute atomic E-state index is 0. The van der Waals surface area contributed by atoms with Crippen molar-refractivity contribution in [2.75, 3.05) is 46.9 Å². The highest BCUT2D eigenvalue weighted by Gasteiger charge is 2.35. The molecule has 1 aliphatic rings. The van der Waals surface area contributed by atoms with Gasteiger partial charge >= 0.3 is 0 Å². The van der Waals surface area contributed by atoms with Gasteiger partial charge in [-0.05, 0) is 52.9 Å². The van der Waals surface area contributed by atoms with Crippen molar-refractivity contribution < 1.29 is 14.3 Å². The third-order valence-electron chi connectivity index (χ3n) is 4.90. The van der Waals surface area contributed by atoms with E-state index < -0.39 is 5.60 Å². The summed E-state index contributed by atoms with van der Waals surface area (Å²) in [5.74, 6) is 1.21. The van der Waals surface area contributed by atoms with Gasteiger partial charge in [0.25, 0.3) is 0 Å². The van der Waals surface area contributed by atoms with Crippen molar-refractivity contribution in [1.29, 1.82) is 0 Å². The van der Waals surface area contributed by atoms with Gasteiger partial charge in [0, 0.05) is 31.8 Å². The maximum absolute atomic E-state index is 10.6. The first kappa shape index (κ1) is 23.2. The Hall–Kier alpha value is -0.840. The van der Waals surface area contributed by atoms with Crippen LogP contribution in [0.5, 0.6) is 0 Å². The predicted octanol–water partition coefficient (Wildman–Crippen LogP) is 1.77. The summed E-state index contributed by atoms with van der Waals surface area (Å²) >= 11 is 0. The Morgan fingerprint density at radius 2 is 2.04 bits per heavy atom. The number of halogens is 1. The van der Waals surface area contributed by atoms with Crippen LogP contribution < -0.4 is 10.6 Å². The monoisotopic (exact) mass is 480 g/mol. The zero-order chi connectivity index (χ0) is 18.3. The number of hydrogen-bond donors (Lipinski definition) is 3. The molecule has 0 aliphatic carbocycles. The summed E-state index contributed by atoms with van der Waals surface area (Å²) in [6.45, 7) is 7.04. The molecule has 3 N–H and O–H groups in total. The van der Waals surface area contributed by atoms with Crippen molar-refractivity contribution in [3.8, 4) is 0 Å². The second-order valence-corrected chi connectivity index (χ2v) is 7.03. The van der Waals surface area contributed by atoms with Crippen LogP contribution in [0.15, 0.2) is 27.8 Å². The third-order valence-corrected chi connectivity index (χ3v) is 4.90. The summed E-state index contributed by atoms with van der Waals surface area (Å²) in [6, 6.07) is 3.53. The molecule has 0 saturated carbocycles. The average molecular weight is 480 g/mol. The van der Waals surface area contributed by atoms with Gasteiger partial charge in [0.1, 0.15) is 11.4 Å². The van der Waals surface area contributed by atoms with Crippen molar-refractivity contribution in [1.82, 2.24) is 15.5 Å². The largest absolute Gasteiger partial charge is 0.466 e. The maximum Gasteiger partial charge on any atom is 0.191 e. The number of rotatable bonds is 7. The normalized spacial score (nSPS) is 19.5.